The van der Waals surface area contributed by atoms with Crippen LogP contribution in [0.4, 0.5) is 11.4 Å². The number of sulfonamides is 1. The Morgan fingerprint density at radius 1 is 1.24 bits per heavy atom. The monoisotopic (exact) mass is 252 g/mol. The summed E-state index contributed by atoms with van der Waals surface area (Å²) in [5.41, 5.74) is 1.13. The van der Waals surface area contributed by atoms with Gasteiger partial charge in [0.05, 0.1) is 16.6 Å². The predicted molar refractivity (Wildman–Crippen MR) is 64.4 cm³/mol. The molecule has 0 spiro atoms. The molecule has 1 amide bonds. The summed E-state index contributed by atoms with van der Waals surface area (Å²) in [6.45, 7) is -0.115. The topological polar surface area (TPSA) is 66.5 Å². The molecule has 5 nitrogen and oxygen atoms in total. The van der Waals surface area contributed by atoms with Crippen molar-refractivity contribution in [2.75, 3.05) is 16.2 Å². The number of hydrogen-bond donors (Lipinski definition) is 1. The van der Waals surface area contributed by atoms with Gasteiger partial charge in [-0.3, -0.25) is 9.10 Å². The van der Waals surface area contributed by atoms with E-state index in [1.807, 2.05) is 0 Å². The lowest BCUT2D eigenvalue weighted by Gasteiger charge is -2.30. The molecule has 0 radical (unpaired) electrons. The van der Waals surface area contributed by atoms with Crippen LogP contribution in [0.5, 0.6) is 0 Å². The summed E-state index contributed by atoms with van der Waals surface area (Å²) >= 11 is 0. The first kappa shape index (κ1) is 10.6. The van der Waals surface area contributed by atoms with Crippen molar-refractivity contribution in [3.8, 4) is 0 Å². The van der Waals surface area contributed by atoms with Crippen molar-refractivity contribution in [1.82, 2.24) is 0 Å². The Morgan fingerprint density at radius 3 is 2.65 bits per heavy atom. The Morgan fingerprint density at radius 2 is 1.94 bits per heavy atom. The summed E-state index contributed by atoms with van der Waals surface area (Å²) in [4.78, 5) is 11.5. The Balaban J connectivity index is 2.09. The number of fused-ring (bicyclic) bond motifs is 1. The third kappa shape index (κ3) is 1.68. The fourth-order valence-corrected chi connectivity index (χ4v) is 3.80. The molecule has 1 saturated carbocycles. The van der Waals surface area contributed by atoms with Gasteiger partial charge in [0.2, 0.25) is 15.9 Å². The van der Waals surface area contributed by atoms with E-state index in [-0.39, 0.29) is 17.7 Å². The number of benzene rings is 1. The van der Waals surface area contributed by atoms with Gasteiger partial charge in [-0.05, 0) is 25.0 Å². The zero-order valence-electron chi connectivity index (χ0n) is 9.09. The van der Waals surface area contributed by atoms with Crippen molar-refractivity contribution in [1.29, 1.82) is 0 Å². The number of rotatable bonds is 2. The number of nitrogens with zero attached hydrogens (tertiary/aromatic N) is 1. The third-order valence-electron chi connectivity index (χ3n) is 2.99. The molecule has 1 aliphatic heterocycles. The van der Waals surface area contributed by atoms with E-state index in [1.54, 1.807) is 24.3 Å². The minimum atomic E-state index is -3.36. The van der Waals surface area contributed by atoms with Crippen LogP contribution in [0, 0.1) is 0 Å². The molecule has 3 rings (SSSR count). The molecule has 2 aliphatic rings. The first-order chi connectivity index (χ1) is 8.09. The van der Waals surface area contributed by atoms with Gasteiger partial charge in [0.15, 0.2) is 0 Å². The lowest BCUT2D eigenvalue weighted by Crippen LogP contribution is -2.43. The zero-order chi connectivity index (χ0) is 12.0. The normalized spacial score (nSPS) is 19.8. The minimum Gasteiger partial charge on any atom is -0.323 e. The highest BCUT2D eigenvalue weighted by molar-refractivity contribution is 7.93. The highest BCUT2D eigenvalue weighted by Gasteiger charge is 2.42. The van der Waals surface area contributed by atoms with Gasteiger partial charge in [-0.15, -0.1) is 0 Å². The van der Waals surface area contributed by atoms with Crippen LogP contribution in [0.1, 0.15) is 12.8 Å². The van der Waals surface area contributed by atoms with Gasteiger partial charge >= 0.3 is 0 Å². The number of amides is 1. The minimum absolute atomic E-state index is 0.115. The van der Waals surface area contributed by atoms with E-state index < -0.39 is 10.0 Å². The molecule has 0 atom stereocenters. The van der Waals surface area contributed by atoms with Crippen LogP contribution in [0.3, 0.4) is 0 Å². The molecule has 1 N–H and O–H groups in total. The molecule has 0 saturated heterocycles. The summed E-state index contributed by atoms with van der Waals surface area (Å²) in [6.07, 6.45) is 1.39. The van der Waals surface area contributed by atoms with Crippen LogP contribution < -0.4 is 9.62 Å². The van der Waals surface area contributed by atoms with Crippen LogP contribution in [-0.4, -0.2) is 26.1 Å². The van der Waals surface area contributed by atoms with Crippen LogP contribution in [0.25, 0.3) is 0 Å². The van der Waals surface area contributed by atoms with Gasteiger partial charge in [-0.1, -0.05) is 12.1 Å². The molecule has 6 heteroatoms. The molecule has 0 aromatic heterocycles. The Hall–Kier alpha value is -1.56. The first-order valence-electron chi connectivity index (χ1n) is 5.49. The first-order valence-corrected chi connectivity index (χ1v) is 7.00. The van der Waals surface area contributed by atoms with Gasteiger partial charge in [-0.25, -0.2) is 8.42 Å². The molecular formula is C11H12N2O3S. The van der Waals surface area contributed by atoms with Gasteiger partial charge in [0.25, 0.3) is 0 Å². The highest BCUT2D eigenvalue weighted by atomic mass is 32.2. The summed E-state index contributed by atoms with van der Waals surface area (Å²) in [7, 11) is -3.36. The van der Waals surface area contributed by atoms with E-state index in [9.17, 15) is 13.2 Å². The maximum atomic E-state index is 12.2. The highest BCUT2D eigenvalue weighted by Crippen LogP contribution is 2.37. The van der Waals surface area contributed by atoms with E-state index in [4.69, 9.17) is 0 Å². The van der Waals surface area contributed by atoms with Gasteiger partial charge in [-0.2, -0.15) is 0 Å². The second-order valence-corrected chi connectivity index (χ2v) is 6.45. The molecular weight excluding hydrogens is 240 g/mol. The summed E-state index contributed by atoms with van der Waals surface area (Å²) < 4.78 is 25.6. The lowest BCUT2D eigenvalue weighted by molar-refractivity contribution is -0.115. The smallest absolute Gasteiger partial charge is 0.245 e. The second-order valence-electron chi connectivity index (χ2n) is 4.32. The molecule has 17 heavy (non-hydrogen) atoms. The van der Waals surface area contributed by atoms with E-state index in [0.717, 1.165) is 0 Å². The Bertz CT molecular complexity index is 578. The predicted octanol–water partition coefficient (Wildman–Crippen LogP) is 0.937. The van der Waals surface area contributed by atoms with E-state index >= 15 is 0 Å². The second kappa shape index (κ2) is 3.46. The molecule has 1 aromatic carbocycles. The van der Waals surface area contributed by atoms with Crippen LogP contribution in [-0.2, 0) is 14.8 Å². The van der Waals surface area contributed by atoms with Crippen molar-refractivity contribution < 1.29 is 13.2 Å². The average Bonchev–Trinajstić information content (AvgIpc) is 3.11. The number of nitrogens with one attached hydrogen (secondary N) is 1. The standard InChI is InChI=1S/C11H12N2O3S/c14-11-7-13(17(15,16)8-5-6-8)10-4-2-1-3-9(10)12-11/h1-4,8H,5-7H2,(H,12,14). The van der Waals surface area contributed by atoms with Gasteiger partial charge in [0.1, 0.15) is 6.54 Å². The molecule has 1 aromatic rings. The average molecular weight is 252 g/mol. The molecule has 0 bridgehead atoms. The molecule has 1 heterocycles. The van der Waals surface area contributed by atoms with Crippen molar-refractivity contribution in [3.63, 3.8) is 0 Å². The van der Waals surface area contributed by atoms with Crippen molar-refractivity contribution in [2.45, 2.75) is 18.1 Å². The van der Waals surface area contributed by atoms with Crippen LogP contribution in [0.15, 0.2) is 24.3 Å². The summed E-state index contributed by atoms with van der Waals surface area (Å²) in [5.74, 6) is -0.284. The fourth-order valence-electron chi connectivity index (χ4n) is 1.98. The van der Waals surface area contributed by atoms with Crippen molar-refractivity contribution in [2.24, 2.45) is 0 Å². The SMILES string of the molecule is O=C1CN(S(=O)(=O)C2CC2)c2ccccc2N1. The maximum Gasteiger partial charge on any atom is 0.245 e. The van der Waals surface area contributed by atoms with Crippen molar-refractivity contribution >= 4 is 27.3 Å². The number of anilines is 2. The van der Waals surface area contributed by atoms with Gasteiger partial charge < -0.3 is 5.32 Å². The third-order valence-corrected chi connectivity index (χ3v) is 5.24. The molecule has 1 fully saturated rings. The van der Waals surface area contributed by atoms with Crippen molar-refractivity contribution in [3.05, 3.63) is 24.3 Å². The van der Waals surface area contributed by atoms with E-state index in [0.29, 0.717) is 24.2 Å². The number of para-hydroxylation sites is 2. The molecule has 90 valence electrons. The van der Waals surface area contributed by atoms with E-state index in [1.165, 1.54) is 4.31 Å². The Labute approximate surface area is 99.5 Å². The van der Waals surface area contributed by atoms with E-state index in [2.05, 4.69) is 5.32 Å². The fraction of sp³-hybridized carbons (Fsp3) is 0.364. The summed E-state index contributed by atoms with van der Waals surface area (Å²) in [6, 6.07) is 6.97. The number of carbonyl (C=O) groups is 1. The Kier molecular flexibility index (Phi) is 2.16. The maximum absolute atomic E-state index is 12.2. The summed E-state index contributed by atoms with van der Waals surface area (Å²) in [5, 5.41) is 2.37. The zero-order valence-corrected chi connectivity index (χ0v) is 9.90. The van der Waals surface area contributed by atoms with Crippen LogP contribution in [0.2, 0.25) is 0 Å². The number of carbonyl (C=O) groups excluding carboxylic acids is 1. The molecule has 1 aliphatic carbocycles. The largest absolute Gasteiger partial charge is 0.323 e. The lowest BCUT2D eigenvalue weighted by atomic mass is 10.2. The number of hydrogen-bond acceptors (Lipinski definition) is 3. The van der Waals surface area contributed by atoms with Crippen LogP contribution >= 0.6 is 0 Å². The molecule has 0 unspecified atom stereocenters. The quantitative estimate of drug-likeness (QED) is 0.851. The van der Waals surface area contributed by atoms with Gasteiger partial charge in [0, 0.05) is 0 Å².